The maximum Gasteiger partial charge on any atom is 0.410 e. The Morgan fingerprint density at radius 2 is 1.96 bits per heavy atom. The van der Waals surface area contributed by atoms with Gasteiger partial charge in [0.15, 0.2) is 0 Å². The van der Waals surface area contributed by atoms with Gasteiger partial charge in [0.05, 0.1) is 19.1 Å². The number of amides is 1. The molecule has 5 nitrogen and oxygen atoms in total. The van der Waals surface area contributed by atoms with Crippen LogP contribution in [0.25, 0.3) is 0 Å². The number of allylic oxidation sites excluding steroid dienone is 1. The van der Waals surface area contributed by atoms with Crippen LogP contribution in [0.3, 0.4) is 0 Å². The lowest BCUT2D eigenvalue weighted by Gasteiger charge is -2.30. The molecule has 1 aliphatic rings. The summed E-state index contributed by atoms with van der Waals surface area (Å²) in [5, 5.41) is 0. The van der Waals surface area contributed by atoms with Crippen molar-refractivity contribution in [3.8, 4) is 0 Å². The van der Waals surface area contributed by atoms with Gasteiger partial charge in [-0.3, -0.25) is 4.79 Å². The lowest BCUT2D eigenvalue weighted by Crippen LogP contribution is -2.41. The number of nitrogens with zero attached hydrogens (tertiary/aromatic N) is 1. The zero-order chi connectivity index (χ0) is 17.6. The standard InChI is InChI=1S/C18H31NO4/c1-7-22-16(20)12-14(11-13(2)3)15-9-8-10-19(15)17(21)23-18(4,5)6/h11,13,15H,7-10,12H2,1-6H3/b14-11-. The molecule has 0 N–H and O–H groups in total. The number of carbonyl (C=O) groups is 2. The molecule has 0 aromatic heterocycles. The van der Waals surface area contributed by atoms with Gasteiger partial charge < -0.3 is 14.4 Å². The van der Waals surface area contributed by atoms with E-state index in [9.17, 15) is 9.59 Å². The average Bonchev–Trinajstić information content (AvgIpc) is 2.84. The molecule has 132 valence electrons. The van der Waals surface area contributed by atoms with Crippen molar-refractivity contribution in [1.29, 1.82) is 0 Å². The molecular formula is C18H31NO4. The van der Waals surface area contributed by atoms with E-state index in [4.69, 9.17) is 9.47 Å². The van der Waals surface area contributed by atoms with E-state index in [1.807, 2.05) is 20.8 Å². The summed E-state index contributed by atoms with van der Waals surface area (Å²) in [4.78, 5) is 26.1. The number of carbonyl (C=O) groups excluding carboxylic acids is 2. The molecule has 0 aliphatic carbocycles. The summed E-state index contributed by atoms with van der Waals surface area (Å²) in [5.41, 5.74) is 0.439. The highest BCUT2D eigenvalue weighted by Crippen LogP contribution is 2.28. The number of hydrogen-bond acceptors (Lipinski definition) is 4. The van der Waals surface area contributed by atoms with Gasteiger partial charge in [-0.1, -0.05) is 19.9 Å². The van der Waals surface area contributed by atoms with Crippen LogP contribution in [0.1, 0.15) is 60.8 Å². The maximum atomic E-state index is 12.4. The third kappa shape index (κ3) is 6.63. The molecule has 1 unspecified atom stereocenters. The van der Waals surface area contributed by atoms with Crippen molar-refractivity contribution in [1.82, 2.24) is 4.90 Å². The fourth-order valence-corrected chi connectivity index (χ4v) is 2.79. The second kappa shape index (κ2) is 8.37. The second-order valence-corrected chi connectivity index (χ2v) is 7.30. The van der Waals surface area contributed by atoms with Crippen LogP contribution in [0.4, 0.5) is 4.79 Å². The van der Waals surface area contributed by atoms with Crippen LogP contribution >= 0.6 is 0 Å². The van der Waals surface area contributed by atoms with Gasteiger partial charge in [-0.2, -0.15) is 0 Å². The molecule has 1 amide bonds. The molecule has 1 fully saturated rings. The number of hydrogen-bond donors (Lipinski definition) is 0. The summed E-state index contributed by atoms with van der Waals surface area (Å²) < 4.78 is 10.6. The van der Waals surface area contributed by atoms with Crippen molar-refractivity contribution in [3.63, 3.8) is 0 Å². The van der Waals surface area contributed by atoms with Crippen LogP contribution < -0.4 is 0 Å². The quantitative estimate of drug-likeness (QED) is 0.568. The molecule has 1 aliphatic heterocycles. The molecule has 0 spiro atoms. The van der Waals surface area contributed by atoms with Gasteiger partial charge >= 0.3 is 12.1 Å². The summed E-state index contributed by atoms with van der Waals surface area (Å²) in [6, 6.07) is -0.0725. The monoisotopic (exact) mass is 325 g/mol. The van der Waals surface area contributed by atoms with E-state index >= 15 is 0 Å². The summed E-state index contributed by atoms with van der Waals surface area (Å²) >= 11 is 0. The molecule has 1 atom stereocenters. The van der Waals surface area contributed by atoms with E-state index in [2.05, 4.69) is 19.9 Å². The van der Waals surface area contributed by atoms with Gasteiger partial charge in [0, 0.05) is 6.54 Å². The summed E-state index contributed by atoms with van der Waals surface area (Å²) in [6.07, 6.45) is 3.78. The third-order valence-electron chi connectivity index (χ3n) is 3.51. The predicted molar refractivity (Wildman–Crippen MR) is 90.1 cm³/mol. The first-order valence-corrected chi connectivity index (χ1v) is 8.50. The van der Waals surface area contributed by atoms with Gasteiger partial charge in [-0.15, -0.1) is 0 Å². The fraction of sp³-hybridized carbons (Fsp3) is 0.778. The van der Waals surface area contributed by atoms with Crippen molar-refractivity contribution in [2.24, 2.45) is 5.92 Å². The molecule has 1 heterocycles. The van der Waals surface area contributed by atoms with Gasteiger partial charge in [-0.25, -0.2) is 4.79 Å². The molecule has 1 saturated heterocycles. The molecule has 5 heteroatoms. The van der Waals surface area contributed by atoms with Crippen LogP contribution in [-0.2, 0) is 14.3 Å². The Hall–Kier alpha value is -1.52. The van der Waals surface area contributed by atoms with Crippen molar-refractivity contribution < 1.29 is 19.1 Å². The van der Waals surface area contributed by atoms with Crippen LogP contribution in [0.2, 0.25) is 0 Å². The van der Waals surface area contributed by atoms with Gasteiger partial charge in [0.1, 0.15) is 5.60 Å². The number of esters is 1. The molecule has 0 aromatic carbocycles. The zero-order valence-corrected chi connectivity index (χ0v) is 15.3. The zero-order valence-electron chi connectivity index (χ0n) is 15.3. The molecular weight excluding hydrogens is 294 g/mol. The highest BCUT2D eigenvalue weighted by Gasteiger charge is 2.35. The van der Waals surface area contributed by atoms with E-state index in [0.29, 0.717) is 19.1 Å². The molecule has 1 rings (SSSR count). The van der Waals surface area contributed by atoms with E-state index in [-0.39, 0.29) is 24.5 Å². The number of ether oxygens (including phenoxy) is 2. The van der Waals surface area contributed by atoms with Crippen LogP contribution in [0.5, 0.6) is 0 Å². The summed E-state index contributed by atoms with van der Waals surface area (Å²) in [5.74, 6) is 0.0657. The summed E-state index contributed by atoms with van der Waals surface area (Å²) in [6.45, 7) is 12.5. The topological polar surface area (TPSA) is 55.8 Å². The predicted octanol–water partition coefficient (Wildman–Crippen LogP) is 3.92. The van der Waals surface area contributed by atoms with E-state index < -0.39 is 5.60 Å². The Kier molecular flexibility index (Phi) is 7.10. The second-order valence-electron chi connectivity index (χ2n) is 7.30. The van der Waals surface area contributed by atoms with Crippen molar-refractivity contribution in [2.45, 2.75) is 72.4 Å². The first kappa shape index (κ1) is 19.5. The first-order chi connectivity index (χ1) is 10.6. The van der Waals surface area contributed by atoms with E-state index in [1.54, 1.807) is 11.8 Å². The van der Waals surface area contributed by atoms with Crippen LogP contribution in [0.15, 0.2) is 11.6 Å². The third-order valence-corrected chi connectivity index (χ3v) is 3.51. The molecule has 0 radical (unpaired) electrons. The normalized spacial score (nSPS) is 19.2. The highest BCUT2D eigenvalue weighted by molar-refractivity contribution is 5.74. The van der Waals surface area contributed by atoms with Gasteiger partial charge in [-0.05, 0) is 52.0 Å². The minimum absolute atomic E-state index is 0.0725. The van der Waals surface area contributed by atoms with Crippen molar-refractivity contribution in [2.75, 3.05) is 13.2 Å². The number of likely N-dealkylation sites (tertiary alicyclic amines) is 1. The largest absolute Gasteiger partial charge is 0.466 e. The number of rotatable bonds is 5. The van der Waals surface area contributed by atoms with Crippen LogP contribution in [-0.4, -0.2) is 41.8 Å². The first-order valence-electron chi connectivity index (χ1n) is 8.50. The SMILES string of the molecule is CCOC(=O)C/C(=C/C(C)C)C1CCCN1C(=O)OC(C)(C)C. The Labute approximate surface area is 140 Å². The van der Waals surface area contributed by atoms with Gasteiger partial charge in [0.2, 0.25) is 0 Å². The molecule has 0 bridgehead atoms. The Bertz CT molecular complexity index is 448. The molecule has 23 heavy (non-hydrogen) atoms. The minimum Gasteiger partial charge on any atom is -0.466 e. The lowest BCUT2D eigenvalue weighted by atomic mass is 9.97. The molecule has 0 saturated carbocycles. The van der Waals surface area contributed by atoms with Crippen molar-refractivity contribution >= 4 is 12.1 Å². The van der Waals surface area contributed by atoms with E-state index in [1.165, 1.54) is 0 Å². The Balaban J connectivity index is 2.91. The lowest BCUT2D eigenvalue weighted by molar-refractivity contribution is -0.142. The smallest absolute Gasteiger partial charge is 0.410 e. The van der Waals surface area contributed by atoms with Crippen molar-refractivity contribution in [3.05, 3.63) is 11.6 Å². The highest BCUT2D eigenvalue weighted by atomic mass is 16.6. The minimum atomic E-state index is -0.521. The average molecular weight is 325 g/mol. The maximum absolute atomic E-state index is 12.4. The summed E-state index contributed by atoms with van der Waals surface area (Å²) in [7, 11) is 0. The molecule has 0 aromatic rings. The Morgan fingerprint density at radius 1 is 1.30 bits per heavy atom. The van der Waals surface area contributed by atoms with Crippen LogP contribution in [0, 0.1) is 5.92 Å². The Morgan fingerprint density at radius 3 is 2.48 bits per heavy atom. The fourth-order valence-electron chi connectivity index (χ4n) is 2.79. The van der Waals surface area contributed by atoms with Gasteiger partial charge in [0.25, 0.3) is 0 Å². The van der Waals surface area contributed by atoms with E-state index in [0.717, 1.165) is 18.4 Å².